The third-order valence-corrected chi connectivity index (χ3v) is 14.6. The van der Waals surface area contributed by atoms with Crippen LogP contribution in [0.3, 0.4) is 0 Å². The van der Waals surface area contributed by atoms with E-state index >= 15 is 52.7 Å². The van der Waals surface area contributed by atoms with Gasteiger partial charge in [-0.2, -0.15) is 0 Å². The summed E-state index contributed by atoms with van der Waals surface area (Å²) in [5, 5.41) is -1.85. The van der Waals surface area contributed by atoms with Crippen LogP contribution in [0.15, 0.2) is 78.0 Å². The van der Waals surface area contributed by atoms with Gasteiger partial charge in [-0.1, -0.05) is 66.2 Å². The maximum absolute atomic E-state index is 16.8. The van der Waals surface area contributed by atoms with Crippen molar-refractivity contribution in [1.29, 1.82) is 0 Å². The molecule has 0 saturated heterocycles. The zero-order valence-electron chi connectivity index (χ0n) is 30.6. The van der Waals surface area contributed by atoms with Crippen molar-refractivity contribution in [3.8, 4) is 11.6 Å². The second kappa shape index (κ2) is 15.0. The molecule has 0 bridgehead atoms. The highest BCUT2D eigenvalue weighted by Crippen LogP contribution is 2.90. The van der Waals surface area contributed by atoms with Crippen molar-refractivity contribution >= 4 is 40.4 Å². The molecule has 1 aliphatic heterocycles. The first-order valence-electron chi connectivity index (χ1n) is 17.4. The summed E-state index contributed by atoms with van der Waals surface area (Å²) in [6, 6.07) is 16.6. The average molecular weight is 864 g/mol. The van der Waals surface area contributed by atoms with Crippen LogP contribution < -0.4 is 21.7 Å². The lowest BCUT2D eigenvalue weighted by Gasteiger charge is -2.41. The number of hydrogen-bond acceptors (Lipinski definition) is 0. The highest BCUT2D eigenvalue weighted by atomic mass is 31.2. The van der Waals surface area contributed by atoms with E-state index in [0.29, 0.717) is 5.56 Å². The fourth-order valence-corrected chi connectivity index (χ4v) is 13.3. The van der Waals surface area contributed by atoms with Crippen molar-refractivity contribution in [3.05, 3.63) is 193 Å². The molecule has 7 rings (SSSR count). The number of rotatable bonds is 6. The maximum atomic E-state index is 16.8. The van der Waals surface area contributed by atoms with Gasteiger partial charge in [0, 0.05) is 11.1 Å². The van der Waals surface area contributed by atoms with E-state index in [2.05, 4.69) is 11.6 Å². The van der Waals surface area contributed by atoms with Crippen molar-refractivity contribution in [2.24, 2.45) is 0 Å². The molecule has 1 atom stereocenters. The van der Waals surface area contributed by atoms with Gasteiger partial charge in [0.1, 0.15) is 45.5 Å². The quantitative estimate of drug-likeness (QED) is 0.0391. The van der Waals surface area contributed by atoms with E-state index in [1.807, 2.05) is 0 Å². The van der Waals surface area contributed by atoms with Crippen molar-refractivity contribution in [1.82, 2.24) is 0 Å². The highest BCUT2D eigenvalue weighted by molar-refractivity contribution is 8.09. The fourth-order valence-electron chi connectivity index (χ4n) is 8.32. The Balaban J connectivity index is 1.93. The zero-order chi connectivity index (χ0) is 43.9. The molecule has 0 fully saturated rings. The molecule has 0 nitrogen and oxygen atoms in total. The number of benzene rings is 6. The highest BCUT2D eigenvalue weighted by Gasteiger charge is 2.72. The first-order valence-corrected chi connectivity index (χ1v) is 19.1. The van der Waals surface area contributed by atoms with E-state index in [0.717, 1.165) is 0 Å². The van der Waals surface area contributed by atoms with E-state index in [1.165, 1.54) is 80.6 Å². The van der Waals surface area contributed by atoms with Gasteiger partial charge < -0.3 is 0 Å². The third kappa shape index (κ3) is 5.87. The van der Waals surface area contributed by atoms with Crippen LogP contribution in [0.4, 0.5) is 65.9 Å². The number of halogens is 15. The lowest BCUT2D eigenvalue weighted by atomic mass is 9.15. The molecule has 60 heavy (non-hydrogen) atoms. The summed E-state index contributed by atoms with van der Waals surface area (Å²) < 4.78 is 239. The van der Waals surface area contributed by atoms with E-state index in [1.54, 1.807) is 13.0 Å². The molecule has 0 aliphatic carbocycles. The Morgan fingerprint density at radius 2 is 0.733 bits per heavy atom. The molecule has 6 aromatic rings. The Labute approximate surface area is 331 Å². The second-order valence-electron chi connectivity index (χ2n) is 13.9. The van der Waals surface area contributed by atoms with Crippen LogP contribution in [-0.4, -0.2) is 6.15 Å². The summed E-state index contributed by atoms with van der Waals surface area (Å²) in [5.74, 6) is -43.1. The Kier molecular flexibility index (Phi) is 10.5. The lowest BCUT2D eigenvalue weighted by molar-refractivity contribution is 0.380. The molecule has 0 spiro atoms. The van der Waals surface area contributed by atoms with Crippen LogP contribution >= 0.6 is 7.26 Å². The maximum Gasteiger partial charge on any atom is 0.200 e. The molecule has 306 valence electrons. The van der Waals surface area contributed by atoms with E-state index in [-0.39, 0.29) is 27.6 Å². The molecule has 0 saturated carbocycles. The van der Waals surface area contributed by atoms with Crippen molar-refractivity contribution < 1.29 is 65.9 Å². The first-order chi connectivity index (χ1) is 28.3. The number of hydrogen-bond donors (Lipinski definition) is 0. The van der Waals surface area contributed by atoms with Gasteiger partial charge in [0.2, 0.25) is 0 Å². The predicted octanol–water partition coefficient (Wildman–Crippen LogP) is 10.4. The van der Waals surface area contributed by atoms with Crippen LogP contribution in [0.2, 0.25) is 0 Å². The standard InChI is InChI=1S/C43H21BF15P/c1-18-16-19(2)41(20(3)17-18)60(15-14-21-10-6-4-7-11-21)42(22-12-8-5-9-13-22)43(60)44(23-26(45)32(51)38(57)33(52)27(23)46,24-28(47)34(53)39(58)35(54)29(24)48)25-30(49)36(55)40(59)37(56)31(25)50/h4-13,16-17H,1-3H3. The molecule has 0 aromatic heterocycles. The molecular formula is C43H21BF15P. The minimum Gasteiger partial charge on any atom is -0.207 e. The zero-order valence-corrected chi connectivity index (χ0v) is 31.5. The summed E-state index contributed by atoms with van der Waals surface area (Å²) in [4.78, 5) is 0. The van der Waals surface area contributed by atoms with Crippen molar-refractivity contribution in [2.45, 2.75) is 20.8 Å². The molecule has 1 unspecified atom stereocenters. The van der Waals surface area contributed by atoms with Gasteiger partial charge in [0.25, 0.3) is 0 Å². The van der Waals surface area contributed by atoms with Crippen LogP contribution in [-0.2, 0) is 0 Å². The predicted molar refractivity (Wildman–Crippen MR) is 197 cm³/mol. The molecule has 0 amide bonds. The summed E-state index contributed by atoms with van der Waals surface area (Å²) in [7, 11) is -4.63. The molecular weight excluding hydrogens is 843 g/mol. The van der Waals surface area contributed by atoms with Crippen molar-refractivity contribution in [2.75, 3.05) is 0 Å². The van der Waals surface area contributed by atoms with Gasteiger partial charge in [-0.05, 0) is 55.2 Å². The minimum atomic E-state index is -6.07. The Bertz CT molecular complexity index is 2640. The normalized spacial score (nSPS) is 15.0. The van der Waals surface area contributed by atoms with Gasteiger partial charge in [-0.3, -0.25) is 0 Å². The summed E-state index contributed by atoms with van der Waals surface area (Å²) in [6.45, 7) is 4.41. The van der Waals surface area contributed by atoms with Gasteiger partial charge in [0.15, 0.2) is 65.8 Å². The van der Waals surface area contributed by atoms with Gasteiger partial charge in [-0.25, -0.2) is 65.9 Å². The minimum absolute atomic E-state index is 0.0757. The molecule has 0 radical (unpaired) electrons. The summed E-state index contributed by atoms with van der Waals surface area (Å²) >= 11 is 0. The summed E-state index contributed by atoms with van der Waals surface area (Å²) in [5.41, 5.74) is -4.50. The van der Waals surface area contributed by atoms with Gasteiger partial charge in [-0.15, -0.1) is 16.4 Å². The molecule has 0 N–H and O–H groups in total. The Morgan fingerprint density at radius 3 is 1.08 bits per heavy atom. The number of aryl methyl sites for hydroxylation is 3. The largest absolute Gasteiger partial charge is 0.207 e. The third-order valence-electron chi connectivity index (χ3n) is 10.5. The van der Waals surface area contributed by atoms with Gasteiger partial charge in [0.05, 0.1) is 5.66 Å². The molecule has 1 aliphatic rings. The van der Waals surface area contributed by atoms with Crippen LogP contribution in [0.5, 0.6) is 0 Å². The smallest absolute Gasteiger partial charge is 0.200 e. The average Bonchev–Trinajstić information content (AvgIpc) is 3.90. The lowest BCUT2D eigenvalue weighted by Crippen LogP contribution is -2.73. The Hall–Kier alpha value is -5.94. The van der Waals surface area contributed by atoms with E-state index < -0.39 is 128 Å². The van der Waals surface area contributed by atoms with Gasteiger partial charge >= 0.3 is 0 Å². The topological polar surface area (TPSA) is 0 Å². The fraction of sp³-hybridized carbons (Fsp3) is 0.0698. The monoisotopic (exact) mass is 864 g/mol. The van der Waals surface area contributed by atoms with Crippen LogP contribution in [0, 0.1) is 120 Å². The Morgan fingerprint density at radius 1 is 0.417 bits per heavy atom. The summed E-state index contributed by atoms with van der Waals surface area (Å²) in [6.07, 6.45) is -6.07. The van der Waals surface area contributed by atoms with E-state index in [9.17, 15) is 13.2 Å². The molecule has 6 aromatic carbocycles. The molecule has 17 heteroatoms. The van der Waals surface area contributed by atoms with Crippen molar-refractivity contribution in [3.63, 3.8) is 0 Å². The van der Waals surface area contributed by atoms with Crippen LogP contribution in [0.25, 0.3) is 5.31 Å². The second-order valence-corrected chi connectivity index (χ2v) is 16.9. The van der Waals surface area contributed by atoms with Crippen LogP contribution in [0.1, 0.15) is 27.8 Å². The SMILES string of the molecule is Cc1cc(C)c([P+]2(C#Cc3ccccc3)C(c3ccccc3)=C2[B-](c2c(F)c(F)c(F)c(F)c2F)(c2c(F)c(F)c(F)c(F)c2F)c2c(F)c(F)c(F)c(F)c2F)c(C)c1. The van der Waals surface area contributed by atoms with E-state index in [4.69, 9.17) is 0 Å². The first kappa shape index (κ1) is 42.2. The molecule has 1 heterocycles.